The van der Waals surface area contributed by atoms with Gasteiger partial charge in [0.15, 0.2) is 0 Å². The Kier molecular flexibility index (Phi) is 2.47. The molecule has 1 saturated carbocycles. The number of rotatable bonds is 3. The molecule has 1 aromatic heterocycles. The molecule has 2 rings (SSSR count). The maximum absolute atomic E-state index is 10.7. The lowest BCUT2D eigenvalue weighted by molar-refractivity contribution is -0.386. The van der Waals surface area contributed by atoms with Crippen LogP contribution >= 0.6 is 15.9 Å². The molecule has 1 fully saturated rings. The number of aliphatic hydroxyl groups is 1. The van der Waals surface area contributed by atoms with Crippen LogP contribution in [0.4, 0.5) is 5.69 Å². The second-order valence-electron chi connectivity index (χ2n) is 3.78. The van der Waals surface area contributed by atoms with E-state index in [9.17, 15) is 15.2 Å². The molecule has 1 heterocycles. The van der Waals surface area contributed by atoms with Crippen molar-refractivity contribution in [3.8, 4) is 0 Å². The fourth-order valence-electron chi connectivity index (χ4n) is 1.38. The number of pyridine rings is 1. The Bertz CT molecular complexity index is 418. The van der Waals surface area contributed by atoms with Gasteiger partial charge in [-0.15, -0.1) is 0 Å². The largest absolute Gasteiger partial charge is 0.389 e. The first-order valence-corrected chi connectivity index (χ1v) is 5.31. The van der Waals surface area contributed by atoms with E-state index < -0.39 is 10.5 Å². The van der Waals surface area contributed by atoms with Gasteiger partial charge in [-0.05, 0) is 28.8 Å². The molecule has 6 heteroatoms. The summed E-state index contributed by atoms with van der Waals surface area (Å²) < 4.78 is 0.570. The average molecular weight is 273 g/mol. The monoisotopic (exact) mass is 272 g/mol. The average Bonchev–Trinajstić information content (AvgIpc) is 2.87. The van der Waals surface area contributed by atoms with Crippen LogP contribution in [0, 0.1) is 10.1 Å². The second-order valence-corrected chi connectivity index (χ2v) is 4.69. The molecule has 0 atom stereocenters. The summed E-state index contributed by atoms with van der Waals surface area (Å²) in [7, 11) is 0. The van der Waals surface area contributed by atoms with E-state index in [1.807, 2.05) is 0 Å². The molecule has 1 aliphatic rings. The number of aromatic nitrogens is 1. The third-order valence-electron chi connectivity index (χ3n) is 2.43. The van der Waals surface area contributed by atoms with E-state index in [0.717, 1.165) is 0 Å². The fraction of sp³-hybridized carbons (Fsp3) is 0.444. The molecule has 0 amide bonds. The van der Waals surface area contributed by atoms with Crippen LogP contribution in [0.2, 0.25) is 0 Å². The van der Waals surface area contributed by atoms with Crippen LogP contribution in [0.3, 0.4) is 0 Å². The molecule has 1 aliphatic carbocycles. The summed E-state index contributed by atoms with van der Waals surface area (Å²) in [5, 5.41) is 20.4. The van der Waals surface area contributed by atoms with Gasteiger partial charge in [0.2, 0.25) is 0 Å². The molecule has 15 heavy (non-hydrogen) atoms. The van der Waals surface area contributed by atoms with Crippen molar-refractivity contribution in [1.29, 1.82) is 0 Å². The number of halogens is 1. The smallest absolute Gasteiger partial charge is 0.291 e. The zero-order valence-electron chi connectivity index (χ0n) is 7.81. The third kappa shape index (κ3) is 2.32. The molecule has 0 unspecified atom stereocenters. The van der Waals surface area contributed by atoms with Crippen molar-refractivity contribution in [2.24, 2.45) is 0 Å². The van der Waals surface area contributed by atoms with Crippen LogP contribution < -0.4 is 0 Å². The van der Waals surface area contributed by atoms with E-state index >= 15 is 0 Å². The van der Waals surface area contributed by atoms with Gasteiger partial charge in [0.25, 0.3) is 5.69 Å². The van der Waals surface area contributed by atoms with Gasteiger partial charge in [-0.3, -0.25) is 15.1 Å². The normalized spacial score (nSPS) is 17.5. The summed E-state index contributed by atoms with van der Waals surface area (Å²) in [5.74, 6) is 0. The van der Waals surface area contributed by atoms with Crippen molar-refractivity contribution in [1.82, 2.24) is 4.98 Å². The second kappa shape index (κ2) is 3.53. The highest BCUT2D eigenvalue weighted by Gasteiger charge is 2.42. The van der Waals surface area contributed by atoms with Crippen molar-refractivity contribution >= 4 is 21.6 Å². The Hall–Kier alpha value is -1.01. The molecule has 0 bridgehead atoms. The van der Waals surface area contributed by atoms with Crippen LogP contribution in [0.1, 0.15) is 18.5 Å². The summed E-state index contributed by atoms with van der Waals surface area (Å²) in [6.07, 6.45) is 3.16. The number of hydrogen-bond acceptors (Lipinski definition) is 4. The van der Waals surface area contributed by atoms with E-state index in [-0.39, 0.29) is 12.1 Å². The van der Waals surface area contributed by atoms with Gasteiger partial charge in [-0.1, -0.05) is 0 Å². The summed E-state index contributed by atoms with van der Waals surface area (Å²) in [4.78, 5) is 14.2. The topological polar surface area (TPSA) is 76.3 Å². The fourth-order valence-corrected chi connectivity index (χ4v) is 1.70. The van der Waals surface area contributed by atoms with Crippen molar-refractivity contribution in [3.05, 3.63) is 32.5 Å². The quantitative estimate of drug-likeness (QED) is 0.673. The Labute approximate surface area is 94.4 Å². The summed E-state index contributed by atoms with van der Waals surface area (Å²) in [6, 6.07) is 1.41. The molecule has 80 valence electrons. The summed E-state index contributed by atoms with van der Waals surface area (Å²) in [5.41, 5.74) is -0.445. The van der Waals surface area contributed by atoms with Crippen LogP contribution in [0.25, 0.3) is 0 Å². The van der Waals surface area contributed by atoms with E-state index in [0.29, 0.717) is 23.0 Å². The standard InChI is InChI=1S/C9H9BrN2O3/c10-6-3-8(12(14)15)7(11-5-6)4-9(13)1-2-9/h3,5,13H,1-2,4H2. The van der Waals surface area contributed by atoms with Gasteiger partial charge in [-0.2, -0.15) is 0 Å². The molecule has 0 radical (unpaired) electrons. The zero-order valence-corrected chi connectivity index (χ0v) is 9.40. The predicted octanol–water partition coefficient (Wildman–Crippen LogP) is 1.82. The number of nitro groups is 1. The molecule has 0 aliphatic heterocycles. The number of nitrogens with zero attached hydrogens (tertiary/aromatic N) is 2. The van der Waals surface area contributed by atoms with Crippen molar-refractivity contribution in [3.63, 3.8) is 0 Å². The first-order valence-electron chi connectivity index (χ1n) is 4.51. The SMILES string of the molecule is O=[N+]([O-])c1cc(Br)cnc1CC1(O)CC1. The van der Waals surface area contributed by atoms with Crippen molar-refractivity contribution in [2.45, 2.75) is 24.9 Å². The Morgan fingerprint density at radius 2 is 2.33 bits per heavy atom. The lowest BCUT2D eigenvalue weighted by Crippen LogP contribution is -2.13. The molecule has 0 aromatic carbocycles. The molecule has 5 nitrogen and oxygen atoms in total. The van der Waals surface area contributed by atoms with Gasteiger partial charge in [0.1, 0.15) is 5.69 Å². The first-order chi connectivity index (χ1) is 7.00. The van der Waals surface area contributed by atoms with E-state index in [2.05, 4.69) is 20.9 Å². The molecule has 1 N–H and O–H groups in total. The lowest BCUT2D eigenvalue weighted by atomic mass is 10.1. The van der Waals surface area contributed by atoms with Gasteiger partial charge in [0.05, 0.1) is 10.5 Å². The number of hydrogen-bond donors (Lipinski definition) is 1. The molecular weight excluding hydrogens is 264 g/mol. The van der Waals surface area contributed by atoms with Crippen LogP contribution in [-0.4, -0.2) is 20.6 Å². The Balaban J connectivity index is 2.32. The lowest BCUT2D eigenvalue weighted by Gasteiger charge is -2.06. The summed E-state index contributed by atoms with van der Waals surface area (Å²) >= 11 is 3.13. The predicted molar refractivity (Wildman–Crippen MR) is 56.5 cm³/mol. The maximum Gasteiger partial charge on any atom is 0.291 e. The van der Waals surface area contributed by atoms with E-state index in [4.69, 9.17) is 0 Å². The zero-order chi connectivity index (χ0) is 11.1. The minimum atomic E-state index is -0.758. The molecule has 1 aromatic rings. The van der Waals surface area contributed by atoms with Gasteiger partial charge in [0, 0.05) is 23.2 Å². The molecular formula is C9H9BrN2O3. The van der Waals surface area contributed by atoms with E-state index in [1.165, 1.54) is 12.3 Å². The highest BCUT2D eigenvalue weighted by atomic mass is 79.9. The maximum atomic E-state index is 10.7. The van der Waals surface area contributed by atoms with Gasteiger partial charge in [-0.25, -0.2) is 0 Å². The highest BCUT2D eigenvalue weighted by Crippen LogP contribution is 2.39. The minimum absolute atomic E-state index is 0.0373. The van der Waals surface area contributed by atoms with E-state index in [1.54, 1.807) is 0 Å². The highest BCUT2D eigenvalue weighted by molar-refractivity contribution is 9.10. The molecule has 0 saturated heterocycles. The Morgan fingerprint density at radius 1 is 1.67 bits per heavy atom. The molecule has 0 spiro atoms. The Morgan fingerprint density at radius 3 is 2.87 bits per heavy atom. The van der Waals surface area contributed by atoms with Gasteiger partial charge < -0.3 is 5.11 Å². The van der Waals surface area contributed by atoms with Crippen LogP contribution in [0.15, 0.2) is 16.7 Å². The van der Waals surface area contributed by atoms with Crippen LogP contribution in [-0.2, 0) is 6.42 Å². The van der Waals surface area contributed by atoms with Crippen molar-refractivity contribution < 1.29 is 10.0 Å². The van der Waals surface area contributed by atoms with Crippen molar-refractivity contribution in [2.75, 3.05) is 0 Å². The first kappa shape index (κ1) is 10.5. The van der Waals surface area contributed by atoms with Gasteiger partial charge >= 0.3 is 0 Å². The third-order valence-corrected chi connectivity index (χ3v) is 2.87. The van der Waals surface area contributed by atoms with Crippen LogP contribution in [0.5, 0.6) is 0 Å². The minimum Gasteiger partial charge on any atom is -0.389 e. The summed E-state index contributed by atoms with van der Waals surface area (Å²) in [6.45, 7) is 0.